The Balaban J connectivity index is 0.000000902. The second-order valence-electron chi connectivity index (χ2n) is 5.08. The number of rotatable bonds is 3. The largest absolute Gasteiger partial charge is 0.349 e. The number of fused-ring (bicyclic) bond motifs is 2. The fraction of sp³-hybridized carbons (Fsp3) is 0.667. The van der Waals surface area contributed by atoms with Crippen LogP contribution in [0.25, 0.3) is 0 Å². The molecule has 2 bridgehead atoms. The molecule has 4 atom stereocenters. The van der Waals surface area contributed by atoms with Crippen molar-refractivity contribution in [1.29, 1.82) is 0 Å². The predicted molar refractivity (Wildman–Crippen MR) is 80.8 cm³/mol. The van der Waals surface area contributed by atoms with E-state index in [4.69, 9.17) is 5.73 Å². The van der Waals surface area contributed by atoms with Gasteiger partial charge in [0.2, 0.25) is 5.91 Å². The standard InChI is InChI=1S/C12H17N3OS.2ClH/c13-11-8-2-1-7(5-8)10(11)12(16)15-6-9-14-3-4-17-9;;/h3-4,7-8,10-11H,1-2,5-6,13H2,(H,15,16);2*1H. The summed E-state index contributed by atoms with van der Waals surface area (Å²) in [4.78, 5) is 16.3. The molecule has 4 nitrogen and oxygen atoms in total. The highest BCUT2D eigenvalue weighted by Gasteiger charge is 2.48. The van der Waals surface area contributed by atoms with Gasteiger partial charge in [0.05, 0.1) is 12.5 Å². The van der Waals surface area contributed by atoms with E-state index < -0.39 is 0 Å². The molecule has 3 N–H and O–H groups in total. The van der Waals surface area contributed by atoms with Crippen molar-refractivity contribution in [3.63, 3.8) is 0 Å². The zero-order valence-corrected chi connectivity index (χ0v) is 12.9. The predicted octanol–water partition coefficient (Wildman–Crippen LogP) is 1.98. The van der Waals surface area contributed by atoms with E-state index in [-0.39, 0.29) is 42.7 Å². The third-order valence-corrected chi connectivity index (χ3v) is 4.96. The third kappa shape index (κ3) is 3.21. The number of carbonyl (C=O) groups excluding carboxylic acids is 1. The second kappa shape index (κ2) is 6.88. The molecule has 108 valence electrons. The number of halogens is 2. The van der Waals surface area contributed by atoms with Gasteiger partial charge in [-0.05, 0) is 31.1 Å². The van der Waals surface area contributed by atoms with Crippen molar-refractivity contribution >= 4 is 42.1 Å². The summed E-state index contributed by atoms with van der Waals surface area (Å²) in [5.74, 6) is 1.26. The van der Waals surface area contributed by atoms with Gasteiger partial charge in [0.1, 0.15) is 5.01 Å². The van der Waals surface area contributed by atoms with Crippen molar-refractivity contribution in [2.45, 2.75) is 31.8 Å². The van der Waals surface area contributed by atoms with Crippen LogP contribution in [0, 0.1) is 17.8 Å². The lowest BCUT2D eigenvalue weighted by atomic mass is 9.84. The molecular formula is C12H19Cl2N3OS. The highest BCUT2D eigenvalue weighted by atomic mass is 35.5. The summed E-state index contributed by atoms with van der Waals surface area (Å²) in [5, 5.41) is 5.85. The molecule has 1 amide bonds. The van der Waals surface area contributed by atoms with Crippen molar-refractivity contribution in [1.82, 2.24) is 10.3 Å². The molecule has 0 aliphatic heterocycles. The lowest BCUT2D eigenvalue weighted by Gasteiger charge is -2.26. The first-order valence-corrected chi connectivity index (χ1v) is 7.05. The van der Waals surface area contributed by atoms with Crippen LogP contribution in [0.1, 0.15) is 24.3 Å². The van der Waals surface area contributed by atoms with Gasteiger partial charge in [-0.2, -0.15) is 0 Å². The summed E-state index contributed by atoms with van der Waals surface area (Å²) in [6, 6.07) is 0.0741. The van der Waals surface area contributed by atoms with E-state index in [0.29, 0.717) is 18.4 Å². The Bertz CT molecular complexity index is 413. The Morgan fingerprint density at radius 1 is 1.42 bits per heavy atom. The average molecular weight is 324 g/mol. The van der Waals surface area contributed by atoms with Gasteiger partial charge in [0.15, 0.2) is 0 Å². The smallest absolute Gasteiger partial charge is 0.225 e. The molecule has 1 aromatic heterocycles. The lowest BCUT2D eigenvalue weighted by molar-refractivity contribution is -0.127. The van der Waals surface area contributed by atoms with Crippen molar-refractivity contribution < 1.29 is 4.79 Å². The van der Waals surface area contributed by atoms with Crippen LogP contribution < -0.4 is 11.1 Å². The number of carbonyl (C=O) groups is 1. The summed E-state index contributed by atoms with van der Waals surface area (Å²) in [6.07, 6.45) is 5.29. The molecule has 3 rings (SSSR count). The van der Waals surface area contributed by atoms with Crippen molar-refractivity contribution in [3.05, 3.63) is 16.6 Å². The molecule has 2 saturated carbocycles. The van der Waals surface area contributed by atoms with E-state index in [1.54, 1.807) is 17.5 Å². The molecule has 1 aromatic rings. The van der Waals surface area contributed by atoms with Gasteiger partial charge in [0, 0.05) is 17.6 Å². The SMILES string of the molecule is Cl.Cl.NC1C2CCC(C2)C1C(=O)NCc1nccs1. The Hall–Kier alpha value is -0.360. The lowest BCUT2D eigenvalue weighted by Crippen LogP contribution is -2.45. The van der Waals surface area contributed by atoms with Gasteiger partial charge < -0.3 is 11.1 Å². The summed E-state index contributed by atoms with van der Waals surface area (Å²) in [6.45, 7) is 0.539. The summed E-state index contributed by atoms with van der Waals surface area (Å²) >= 11 is 1.57. The summed E-state index contributed by atoms with van der Waals surface area (Å²) < 4.78 is 0. The Morgan fingerprint density at radius 2 is 2.16 bits per heavy atom. The number of aromatic nitrogens is 1. The zero-order chi connectivity index (χ0) is 11.8. The molecule has 4 unspecified atom stereocenters. The van der Waals surface area contributed by atoms with Crippen molar-refractivity contribution in [3.8, 4) is 0 Å². The third-order valence-electron chi connectivity index (χ3n) is 4.18. The normalized spacial score (nSPS) is 31.4. The van der Waals surface area contributed by atoms with Crippen molar-refractivity contribution in [2.75, 3.05) is 0 Å². The number of hydrogen-bond donors (Lipinski definition) is 2. The Labute approximate surface area is 129 Å². The van der Waals surface area contributed by atoms with E-state index in [1.807, 2.05) is 5.38 Å². The molecule has 0 radical (unpaired) electrons. The maximum atomic E-state index is 12.1. The first-order valence-electron chi connectivity index (χ1n) is 6.17. The van der Waals surface area contributed by atoms with Gasteiger partial charge in [0.25, 0.3) is 0 Å². The number of nitrogens with one attached hydrogen (secondary N) is 1. The van der Waals surface area contributed by atoms with Crippen molar-refractivity contribution in [2.24, 2.45) is 23.5 Å². The molecule has 0 aromatic carbocycles. The fourth-order valence-corrected chi connectivity index (χ4v) is 3.90. The monoisotopic (exact) mass is 323 g/mol. The van der Waals surface area contributed by atoms with Gasteiger partial charge in [-0.1, -0.05) is 0 Å². The quantitative estimate of drug-likeness (QED) is 0.893. The maximum absolute atomic E-state index is 12.1. The molecule has 2 aliphatic carbocycles. The van der Waals surface area contributed by atoms with E-state index in [2.05, 4.69) is 10.3 Å². The molecule has 0 saturated heterocycles. The molecule has 2 fully saturated rings. The number of amides is 1. The van der Waals surface area contributed by atoms with E-state index in [0.717, 1.165) is 11.4 Å². The van der Waals surface area contributed by atoms with Crippen LogP contribution in [-0.4, -0.2) is 16.9 Å². The van der Waals surface area contributed by atoms with Crippen LogP contribution in [0.15, 0.2) is 11.6 Å². The van der Waals surface area contributed by atoms with Gasteiger partial charge >= 0.3 is 0 Å². The fourth-order valence-electron chi connectivity index (χ4n) is 3.35. The first kappa shape index (κ1) is 16.7. The molecular weight excluding hydrogens is 305 g/mol. The maximum Gasteiger partial charge on any atom is 0.225 e. The highest BCUT2D eigenvalue weighted by molar-refractivity contribution is 7.09. The van der Waals surface area contributed by atoms with Gasteiger partial charge in [-0.3, -0.25) is 4.79 Å². The highest BCUT2D eigenvalue weighted by Crippen LogP contribution is 2.47. The van der Waals surface area contributed by atoms with Crippen LogP contribution >= 0.6 is 36.2 Å². The summed E-state index contributed by atoms with van der Waals surface area (Å²) in [7, 11) is 0. The Kier molecular flexibility index (Phi) is 6.05. The van der Waals surface area contributed by atoms with Crippen LogP contribution in [0.4, 0.5) is 0 Å². The second-order valence-corrected chi connectivity index (χ2v) is 6.06. The molecule has 1 heterocycles. The van der Waals surface area contributed by atoms with E-state index >= 15 is 0 Å². The first-order chi connectivity index (χ1) is 8.25. The van der Waals surface area contributed by atoms with Crippen LogP contribution in [0.3, 0.4) is 0 Å². The van der Waals surface area contributed by atoms with E-state index in [9.17, 15) is 4.79 Å². The number of thiazole rings is 1. The van der Waals surface area contributed by atoms with Gasteiger partial charge in [-0.25, -0.2) is 4.98 Å². The molecule has 19 heavy (non-hydrogen) atoms. The molecule has 7 heteroatoms. The summed E-state index contributed by atoms with van der Waals surface area (Å²) in [5.41, 5.74) is 6.14. The number of nitrogens with two attached hydrogens (primary N) is 1. The Morgan fingerprint density at radius 3 is 2.74 bits per heavy atom. The molecule has 0 spiro atoms. The van der Waals surface area contributed by atoms with Crippen LogP contribution in [0.5, 0.6) is 0 Å². The minimum Gasteiger partial charge on any atom is -0.349 e. The van der Waals surface area contributed by atoms with Crippen LogP contribution in [-0.2, 0) is 11.3 Å². The molecule has 2 aliphatic rings. The van der Waals surface area contributed by atoms with Crippen LogP contribution in [0.2, 0.25) is 0 Å². The number of hydrogen-bond acceptors (Lipinski definition) is 4. The average Bonchev–Trinajstić information content (AvgIpc) is 3.02. The number of nitrogens with zero attached hydrogens (tertiary/aromatic N) is 1. The topological polar surface area (TPSA) is 68.0 Å². The minimum atomic E-state index is 0. The van der Waals surface area contributed by atoms with Gasteiger partial charge in [-0.15, -0.1) is 36.2 Å². The zero-order valence-electron chi connectivity index (χ0n) is 10.5. The van der Waals surface area contributed by atoms with E-state index in [1.165, 1.54) is 12.8 Å². The minimum absolute atomic E-state index is 0.